The zero-order chi connectivity index (χ0) is 14.0. The molecule has 100 valence electrons. The van der Waals surface area contributed by atoms with Gasteiger partial charge in [0.15, 0.2) is 0 Å². The van der Waals surface area contributed by atoms with E-state index in [0.717, 1.165) is 0 Å². The van der Waals surface area contributed by atoms with Crippen LogP contribution in [0, 0.1) is 0 Å². The molecular weight excluding hydrogens is 352 g/mol. The lowest BCUT2D eigenvalue weighted by atomic mass is 10.3. The Morgan fingerprint density at radius 3 is 2.58 bits per heavy atom. The number of sulfonamides is 1. The van der Waals surface area contributed by atoms with Gasteiger partial charge in [-0.1, -0.05) is 6.07 Å². The molecule has 1 aromatic carbocycles. The summed E-state index contributed by atoms with van der Waals surface area (Å²) in [6, 6.07) is 7.64. The van der Waals surface area contributed by atoms with Crippen LogP contribution in [0.4, 0.5) is 5.69 Å². The van der Waals surface area contributed by atoms with Gasteiger partial charge in [-0.25, -0.2) is 13.6 Å². The van der Waals surface area contributed by atoms with Gasteiger partial charge in [-0.2, -0.15) is 0 Å². The molecule has 0 radical (unpaired) electrons. The number of anilines is 1. The molecule has 5 nitrogen and oxygen atoms in total. The lowest BCUT2D eigenvalue weighted by Crippen LogP contribution is -2.13. The first-order valence-electron chi connectivity index (χ1n) is 5.05. The van der Waals surface area contributed by atoms with Crippen LogP contribution in [0.3, 0.4) is 0 Å². The van der Waals surface area contributed by atoms with Gasteiger partial charge in [-0.05, 0) is 45.6 Å². The van der Waals surface area contributed by atoms with E-state index in [4.69, 9.17) is 5.14 Å². The second kappa shape index (κ2) is 5.41. The van der Waals surface area contributed by atoms with Crippen LogP contribution in [0.2, 0.25) is 0 Å². The Kier molecular flexibility index (Phi) is 4.04. The molecule has 0 spiro atoms. The van der Waals surface area contributed by atoms with E-state index in [-0.39, 0.29) is 10.8 Å². The van der Waals surface area contributed by atoms with E-state index in [2.05, 4.69) is 21.2 Å². The van der Waals surface area contributed by atoms with Crippen LogP contribution in [-0.2, 0) is 10.0 Å². The molecule has 0 aliphatic rings. The van der Waals surface area contributed by atoms with Gasteiger partial charge in [0.25, 0.3) is 5.91 Å². The lowest BCUT2D eigenvalue weighted by molar-refractivity contribution is 0.103. The number of halogens is 1. The van der Waals surface area contributed by atoms with E-state index < -0.39 is 10.0 Å². The van der Waals surface area contributed by atoms with Crippen molar-refractivity contribution in [1.82, 2.24) is 0 Å². The molecule has 19 heavy (non-hydrogen) atoms. The Bertz CT molecular complexity index is 712. The second-order valence-electron chi connectivity index (χ2n) is 3.62. The summed E-state index contributed by atoms with van der Waals surface area (Å²) in [7, 11) is -3.75. The molecule has 0 saturated carbocycles. The van der Waals surface area contributed by atoms with E-state index in [1.807, 2.05) is 0 Å². The van der Waals surface area contributed by atoms with Gasteiger partial charge in [0.2, 0.25) is 10.0 Å². The average molecular weight is 361 g/mol. The molecule has 0 aliphatic carbocycles. The monoisotopic (exact) mass is 360 g/mol. The van der Waals surface area contributed by atoms with Crippen LogP contribution in [0.5, 0.6) is 0 Å². The number of hydrogen-bond acceptors (Lipinski definition) is 4. The summed E-state index contributed by atoms with van der Waals surface area (Å²) in [5.74, 6) is -0.251. The number of thiophene rings is 1. The minimum absolute atomic E-state index is 0.0199. The summed E-state index contributed by atoms with van der Waals surface area (Å²) in [4.78, 5) is 12.4. The predicted molar refractivity (Wildman–Crippen MR) is 77.8 cm³/mol. The smallest absolute Gasteiger partial charge is 0.265 e. The highest BCUT2D eigenvalue weighted by molar-refractivity contribution is 9.10. The van der Waals surface area contributed by atoms with Gasteiger partial charge in [0.05, 0.1) is 15.5 Å². The van der Waals surface area contributed by atoms with Crippen LogP contribution in [0.25, 0.3) is 0 Å². The van der Waals surface area contributed by atoms with Crippen molar-refractivity contribution < 1.29 is 13.2 Å². The van der Waals surface area contributed by atoms with Gasteiger partial charge in [-0.15, -0.1) is 11.3 Å². The summed E-state index contributed by atoms with van der Waals surface area (Å²) in [6.07, 6.45) is 0. The lowest BCUT2D eigenvalue weighted by Gasteiger charge is -2.07. The first-order chi connectivity index (χ1) is 8.88. The summed E-state index contributed by atoms with van der Waals surface area (Å²) >= 11 is 4.52. The largest absolute Gasteiger partial charge is 0.320 e. The van der Waals surface area contributed by atoms with Crippen LogP contribution in [0.15, 0.2) is 45.1 Å². The number of nitrogens with one attached hydrogen (secondary N) is 1. The first-order valence-corrected chi connectivity index (χ1v) is 8.27. The molecule has 0 unspecified atom stereocenters. The van der Waals surface area contributed by atoms with Crippen molar-refractivity contribution in [2.45, 2.75) is 4.90 Å². The highest BCUT2D eigenvalue weighted by Gasteiger charge is 2.13. The van der Waals surface area contributed by atoms with Gasteiger partial charge in [-0.3, -0.25) is 4.79 Å². The van der Waals surface area contributed by atoms with Gasteiger partial charge in [0, 0.05) is 4.47 Å². The highest BCUT2D eigenvalue weighted by atomic mass is 79.9. The maximum absolute atomic E-state index is 11.8. The molecule has 0 bridgehead atoms. The third-order valence-corrected chi connectivity index (χ3v) is 4.70. The van der Waals surface area contributed by atoms with Crippen LogP contribution in [-0.4, -0.2) is 14.3 Å². The number of benzene rings is 1. The Labute approximate surface area is 122 Å². The van der Waals surface area contributed by atoms with Crippen molar-refractivity contribution in [3.63, 3.8) is 0 Å². The molecule has 1 amide bonds. The Morgan fingerprint density at radius 2 is 2.05 bits per heavy atom. The molecule has 2 aromatic rings. The standard InChI is InChI=1S/C11H9BrN2O3S2/c12-8-6-7(19(13,16)17)3-4-9(8)14-11(15)10-2-1-5-18-10/h1-6H,(H,14,15)(H2,13,16,17). The average Bonchev–Trinajstić information content (AvgIpc) is 2.84. The van der Waals surface area contributed by atoms with E-state index in [9.17, 15) is 13.2 Å². The molecule has 0 aliphatic heterocycles. The Morgan fingerprint density at radius 1 is 1.32 bits per heavy atom. The van der Waals surface area contributed by atoms with Crippen molar-refractivity contribution in [3.05, 3.63) is 45.1 Å². The van der Waals surface area contributed by atoms with Crippen molar-refractivity contribution in [1.29, 1.82) is 0 Å². The van der Waals surface area contributed by atoms with Crippen LogP contribution >= 0.6 is 27.3 Å². The predicted octanol–water partition coefficient (Wildman–Crippen LogP) is 2.41. The summed E-state index contributed by atoms with van der Waals surface area (Å²) < 4.78 is 22.8. The first kappa shape index (κ1) is 14.2. The fraction of sp³-hybridized carbons (Fsp3) is 0. The third kappa shape index (κ3) is 3.41. The van der Waals surface area contributed by atoms with E-state index in [1.54, 1.807) is 17.5 Å². The number of hydrogen-bond donors (Lipinski definition) is 2. The van der Waals surface area contributed by atoms with Crippen molar-refractivity contribution in [2.24, 2.45) is 5.14 Å². The quantitative estimate of drug-likeness (QED) is 0.880. The van der Waals surface area contributed by atoms with Gasteiger partial charge < -0.3 is 5.32 Å². The Hall–Kier alpha value is -1.22. The molecule has 2 rings (SSSR count). The van der Waals surface area contributed by atoms with Crippen molar-refractivity contribution >= 4 is 48.9 Å². The summed E-state index contributed by atoms with van der Waals surface area (Å²) in [5, 5.41) is 9.50. The molecule has 1 aromatic heterocycles. The zero-order valence-corrected chi connectivity index (χ0v) is 12.7. The number of nitrogens with two attached hydrogens (primary N) is 1. The minimum atomic E-state index is -3.75. The fourth-order valence-corrected chi connectivity index (χ4v) is 3.15. The maximum Gasteiger partial charge on any atom is 0.265 e. The van der Waals surface area contributed by atoms with E-state index >= 15 is 0 Å². The normalized spacial score (nSPS) is 11.3. The molecule has 0 saturated heterocycles. The SMILES string of the molecule is NS(=O)(=O)c1ccc(NC(=O)c2cccs2)c(Br)c1. The topological polar surface area (TPSA) is 89.3 Å². The van der Waals surface area contributed by atoms with Crippen LogP contribution in [0.1, 0.15) is 9.67 Å². The number of amides is 1. The number of primary sulfonamides is 1. The summed E-state index contributed by atoms with van der Waals surface area (Å²) in [5.41, 5.74) is 0.478. The number of rotatable bonds is 3. The fourth-order valence-electron chi connectivity index (χ4n) is 1.37. The van der Waals surface area contributed by atoms with Crippen molar-refractivity contribution in [2.75, 3.05) is 5.32 Å². The van der Waals surface area contributed by atoms with Crippen LogP contribution < -0.4 is 10.5 Å². The molecule has 0 atom stereocenters. The second-order valence-corrected chi connectivity index (χ2v) is 6.98. The number of carbonyl (C=O) groups is 1. The minimum Gasteiger partial charge on any atom is -0.320 e. The van der Waals surface area contributed by atoms with E-state index in [0.29, 0.717) is 15.0 Å². The Balaban J connectivity index is 2.25. The molecule has 0 fully saturated rings. The maximum atomic E-state index is 11.8. The zero-order valence-electron chi connectivity index (χ0n) is 9.46. The van der Waals surface area contributed by atoms with E-state index in [1.165, 1.54) is 29.5 Å². The highest BCUT2D eigenvalue weighted by Crippen LogP contribution is 2.26. The summed E-state index contributed by atoms with van der Waals surface area (Å²) in [6.45, 7) is 0. The van der Waals surface area contributed by atoms with Crippen molar-refractivity contribution in [3.8, 4) is 0 Å². The molecule has 8 heteroatoms. The van der Waals surface area contributed by atoms with Gasteiger partial charge in [0.1, 0.15) is 0 Å². The third-order valence-electron chi connectivity index (χ3n) is 2.26. The number of carbonyl (C=O) groups excluding carboxylic acids is 1. The molecular formula is C11H9BrN2O3S2. The van der Waals surface area contributed by atoms with Gasteiger partial charge >= 0.3 is 0 Å². The molecule has 1 heterocycles. The molecule has 3 N–H and O–H groups in total.